The second-order valence-electron chi connectivity index (χ2n) is 11.9. The maximum atomic E-state index is 13.0. The summed E-state index contributed by atoms with van der Waals surface area (Å²) < 4.78 is 7.90. The van der Waals surface area contributed by atoms with Crippen LogP contribution in [0.25, 0.3) is 21.3 Å². The number of hydrogen-bond acceptors (Lipinski definition) is 6. The minimum atomic E-state index is -1.19. The summed E-state index contributed by atoms with van der Waals surface area (Å²) in [5.41, 5.74) is 2.54. The largest absolute Gasteiger partial charge is 0.494 e. The molecule has 0 saturated heterocycles. The molecule has 2 heterocycles. The van der Waals surface area contributed by atoms with Crippen LogP contribution in [0.1, 0.15) is 86.8 Å². The lowest BCUT2D eigenvalue weighted by Gasteiger charge is -2.39. The molecular weight excluding hydrogens is 504 g/mol. The van der Waals surface area contributed by atoms with Gasteiger partial charge in [0.1, 0.15) is 5.56 Å². The zero-order chi connectivity index (χ0) is 28.0. The number of nitrogens with zero attached hydrogens (tertiary/aromatic N) is 1. The van der Waals surface area contributed by atoms with Crippen LogP contribution >= 0.6 is 11.3 Å². The van der Waals surface area contributed by atoms with E-state index in [9.17, 15) is 14.7 Å². The first-order valence-corrected chi connectivity index (χ1v) is 13.6. The molecule has 2 aromatic heterocycles. The molecule has 204 valence electrons. The monoisotopic (exact) mass is 540 g/mol. The van der Waals surface area contributed by atoms with Gasteiger partial charge in [0, 0.05) is 39.1 Å². The summed E-state index contributed by atoms with van der Waals surface area (Å²) in [4.78, 5) is 35.6. The summed E-state index contributed by atoms with van der Waals surface area (Å²) in [6, 6.07) is 6.44. The van der Waals surface area contributed by atoms with E-state index in [2.05, 4.69) is 46.0 Å². The smallest absolute Gasteiger partial charge is 0.341 e. The maximum absolute atomic E-state index is 13.0. The maximum Gasteiger partial charge on any atom is 0.341 e. The van der Waals surface area contributed by atoms with E-state index < -0.39 is 11.4 Å². The van der Waals surface area contributed by atoms with Crippen molar-refractivity contribution < 1.29 is 24.5 Å². The second-order valence-corrected chi connectivity index (χ2v) is 13.1. The van der Waals surface area contributed by atoms with Crippen molar-refractivity contribution in [1.82, 2.24) is 9.88 Å². The van der Waals surface area contributed by atoms with Crippen molar-refractivity contribution in [2.24, 2.45) is 5.41 Å². The Labute approximate surface area is 226 Å². The molecule has 3 aromatic rings. The molecular formula is C29H36N2O6S. The lowest BCUT2D eigenvalue weighted by molar-refractivity contribution is -0.122. The minimum absolute atomic E-state index is 0.000274. The third kappa shape index (κ3) is 5.49. The summed E-state index contributed by atoms with van der Waals surface area (Å²) in [6.45, 7) is 11.0. The van der Waals surface area contributed by atoms with Crippen LogP contribution in [-0.2, 0) is 11.2 Å². The average molecular weight is 541 g/mol. The molecule has 9 heteroatoms. The van der Waals surface area contributed by atoms with Gasteiger partial charge in [-0.15, -0.1) is 11.3 Å². The molecule has 0 aliphatic heterocycles. The fraction of sp³-hybridized carbons (Fsp3) is 0.483. The first kappa shape index (κ1) is 27.9. The van der Waals surface area contributed by atoms with Crippen LogP contribution in [0.15, 0.2) is 29.2 Å². The van der Waals surface area contributed by atoms with E-state index in [1.54, 1.807) is 24.5 Å². The van der Waals surface area contributed by atoms with Crippen LogP contribution in [0.3, 0.4) is 0 Å². The van der Waals surface area contributed by atoms with E-state index in [0.29, 0.717) is 16.7 Å². The van der Waals surface area contributed by atoms with Crippen LogP contribution in [0, 0.1) is 5.41 Å². The van der Waals surface area contributed by atoms with E-state index in [1.807, 2.05) is 10.6 Å². The van der Waals surface area contributed by atoms with Crippen molar-refractivity contribution in [3.63, 3.8) is 0 Å². The summed E-state index contributed by atoms with van der Waals surface area (Å²) >= 11 is 1.80. The van der Waals surface area contributed by atoms with Gasteiger partial charge >= 0.3 is 5.97 Å². The van der Waals surface area contributed by atoms with Gasteiger partial charge in [-0.1, -0.05) is 13.8 Å². The van der Waals surface area contributed by atoms with Crippen molar-refractivity contribution in [3.05, 3.63) is 50.6 Å². The molecule has 2 aliphatic carbocycles. The first-order chi connectivity index (χ1) is 17.8. The number of aromatic carboxylic acids is 1. The molecule has 1 fully saturated rings. The van der Waals surface area contributed by atoms with Crippen LogP contribution in [0.2, 0.25) is 0 Å². The van der Waals surface area contributed by atoms with Crippen LogP contribution in [-0.4, -0.2) is 39.9 Å². The minimum Gasteiger partial charge on any atom is -0.494 e. The Morgan fingerprint density at radius 2 is 1.92 bits per heavy atom. The number of rotatable bonds is 5. The van der Waals surface area contributed by atoms with Crippen LogP contribution < -0.4 is 15.5 Å². The van der Waals surface area contributed by atoms with E-state index in [1.165, 1.54) is 16.6 Å². The number of benzene rings is 1. The number of thiophene rings is 1. The zero-order valence-electron chi connectivity index (χ0n) is 22.8. The Bertz CT molecular complexity index is 1440. The van der Waals surface area contributed by atoms with Crippen molar-refractivity contribution in [2.45, 2.75) is 77.9 Å². The molecule has 3 N–H and O–H groups in total. The average Bonchev–Trinajstić information content (AvgIpc) is 3.56. The van der Waals surface area contributed by atoms with Gasteiger partial charge in [0.25, 0.3) is 6.47 Å². The standard InChI is InChI=1S/C28H34N2O4S.CH2O2/c1-27(2,3)29-20-12-28(4,5)13-22-18(20)11-21(35-22)16-9-10-17-23(25(16)34-6)30(15-7-8-15)14-19(24(17)31)26(32)33;2-1-3/h9-11,14-15,20,29H,7-8,12-13H2,1-6H3,(H,32,33);1H,(H,2,3). The lowest BCUT2D eigenvalue weighted by Crippen LogP contribution is -2.42. The summed E-state index contributed by atoms with van der Waals surface area (Å²) in [7, 11) is 1.63. The van der Waals surface area contributed by atoms with Crippen LogP contribution in [0.4, 0.5) is 0 Å². The SMILES string of the molecule is COc1c(-c2cc3c(s2)CC(C)(C)CC3NC(C)(C)C)ccc2c(=O)c(C(=O)O)cn(C3CC3)c12.O=CO. The highest BCUT2D eigenvalue weighted by molar-refractivity contribution is 7.15. The van der Waals surface area contributed by atoms with Crippen molar-refractivity contribution in [3.8, 4) is 16.2 Å². The van der Waals surface area contributed by atoms with E-state index in [4.69, 9.17) is 14.6 Å². The van der Waals surface area contributed by atoms with Gasteiger partial charge < -0.3 is 24.8 Å². The van der Waals surface area contributed by atoms with Gasteiger partial charge in [0.2, 0.25) is 5.43 Å². The Hall–Kier alpha value is -3.17. The number of fused-ring (bicyclic) bond motifs is 2. The predicted molar refractivity (Wildman–Crippen MR) is 150 cm³/mol. The summed E-state index contributed by atoms with van der Waals surface area (Å²) in [5.74, 6) is -0.554. The van der Waals surface area contributed by atoms with Crippen molar-refractivity contribution >= 4 is 34.7 Å². The number of ether oxygens (including phenoxy) is 1. The summed E-state index contributed by atoms with van der Waals surface area (Å²) in [5, 5.41) is 20.7. The molecule has 2 aliphatic rings. The Morgan fingerprint density at radius 3 is 2.47 bits per heavy atom. The summed E-state index contributed by atoms with van der Waals surface area (Å²) in [6.07, 6.45) is 5.53. The predicted octanol–water partition coefficient (Wildman–Crippen LogP) is 5.87. The highest BCUT2D eigenvalue weighted by Gasteiger charge is 2.36. The Morgan fingerprint density at radius 1 is 1.26 bits per heavy atom. The van der Waals surface area contributed by atoms with E-state index in [0.717, 1.165) is 36.1 Å². The molecule has 0 spiro atoms. The molecule has 0 radical (unpaired) electrons. The van der Waals surface area contributed by atoms with Crippen molar-refractivity contribution in [2.75, 3.05) is 7.11 Å². The number of hydrogen-bond donors (Lipinski definition) is 3. The third-order valence-corrected chi connectivity index (χ3v) is 8.19. The topological polar surface area (TPSA) is 118 Å². The number of carboxylic acids is 1. The molecule has 8 nitrogen and oxygen atoms in total. The van der Waals surface area contributed by atoms with Crippen LogP contribution in [0.5, 0.6) is 5.75 Å². The van der Waals surface area contributed by atoms with Gasteiger partial charge in [-0.2, -0.15) is 0 Å². The normalized spacial score (nSPS) is 18.3. The molecule has 38 heavy (non-hydrogen) atoms. The third-order valence-electron chi connectivity index (χ3n) is 7.01. The Kier molecular flexibility index (Phi) is 7.47. The van der Waals surface area contributed by atoms with Gasteiger partial charge in [0.15, 0.2) is 5.75 Å². The second kappa shape index (κ2) is 10.2. The molecule has 5 rings (SSSR count). The zero-order valence-corrected chi connectivity index (χ0v) is 23.6. The van der Waals surface area contributed by atoms with Gasteiger partial charge in [-0.05, 0) is 75.6 Å². The fourth-order valence-corrected chi connectivity index (χ4v) is 6.95. The molecule has 1 unspecified atom stereocenters. The van der Waals surface area contributed by atoms with E-state index in [-0.39, 0.29) is 35.1 Å². The van der Waals surface area contributed by atoms with Crippen molar-refractivity contribution in [1.29, 1.82) is 0 Å². The number of methoxy groups -OCH3 is 1. The number of carboxylic acid groups (broad SMARTS) is 2. The first-order valence-electron chi connectivity index (χ1n) is 12.8. The molecule has 0 amide bonds. The molecule has 0 bridgehead atoms. The highest BCUT2D eigenvalue weighted by atomic mass is 32.1. The molecule has 1 aromatic carbocycles. The quantitative estimate of drug-likeness (QED) is 0.346. The number of nitrogens with one attached hydrogen (secondary N) is 1. The Balaban J connectivity index is 0.00000107. The lowest BCUT2D eigenvalue weighted by atomic mass is 9.74. The fourth-order valence-electron chi connectivity index (χ4n) is 5.44. The molecule has 1 atom stereocenters. The number of aromatic nitrogens is 1. The van der Waals surface area contributed by atoms with Gasteiger partial charge in [-0.25, -0.2) is 4.79 Å². The van der Waals surface area contributed by atoms with Gasteiger partial charge in [0.05, 0.1) is 18.0 Å². The van der Waals surface area contributed by atoms with Gasteiger partial charge in [-0.3, -0.25) is 9.59 Å². The molecule has 1 saturated carbocycles. The highest BCUT2D eigenvalue weighted by Crippen LogP contribution is 2.49. The number of carbonyl (C=O) groups is 2. The number of pyridine rings is 1. The van der Waals surface area contributed by atoms with E-state index >= 15 is 0 Å².